The number of hydrogen-bond acceptors (Lipinski definition) is 4. The van der Waals surface area contributed by atoms with Gasteiger partial charge in [-0.1, -0.05) is 33.8 Å². The summed E-state index contributed by atoms with van der Waals surface area (Å²) in [5.74, 6) is -0.910. The maximum absolute atomic E-state index is 10.6. The molecule has 0 aliphatic carbocycles. The van der Waals surface area contributed by atoms with Gasteiger partial charge in [-0.2, -0.15) is 0 Å². The van der Waals surface area contributed by atoms with Crippen LogP contribution in [0.3, 0.4) is 0 Å². The highest BCUT2D eigenvalue weighted by atomic mass is 79.9. The van der Waals surface area contributed by atoms with E-state index in [0.717, 1.165) is 27.5 Å². The van der Waals surface area contributed by atoms with E-state index < -0.39 is 5.97 Å². The monoisotopic (exact) mass is 327 g/mol. The predicted octanol–water partition coefficient (Wildman–Crippen LogP) is 2.51. The van der Waals surface area contributed by atoms with Crippen LogP contribution in [0.25, 0.3) is 5.69 Å². The summed E-state index contributed by atoms with van der Waals surface area (Å²) in [5, 5.41) is 17.0. The number of carboxylic acid groups (broad SMARTS) is 1. The van der Waals surface area contributed by atoms with Gasteiger partial charge in [-0.3, -0.25) is 9.36 Å². The van der Waals surface area contributed by atoms with Crippen LogP contribution in [0.5, 0.6) is 0 Å². The largest absolute Gasteiger partial charge is 0.481 e. The van der Waals surface area contributed by atoms with Crippen LogP contribution < -0.4 is 0 Å². The lowest BCUT2D eigenvalue weighted by molar-refractivity contribution is -0.133. The van der Waals surface area contributed by atoms with Crippen molar-refractivity contribution >= 4 is 33.7 Å². The molecule has 0 fully saturated rings. The first-order valence-corrected chi connectivity index (χ1v) is 6.87. The summed E-state index contributed by atoms with van der Waals surface area (Å²) in [6.07, 6.45) is 1.58. The fourth-order valence-corrected chi connectivity index (χ4v) is 2.45. The van der Waals surface area contributed by atoms with E-state index in [1.54, 1.807) is 10.9 Å². The molecule has 2 rings (SSSR count). The van der Waals surface area contributed by atoms with E-state index in [-0.39, 0.29) is 5.75 Å². The second-order valence-electron chi connectivity index (χ2n) is 3.60. The van der Waals surface area contributed by atoms with Crippen LogP contribution in [0.4, 0.5) is 0 Å². The molecule has 0 amide bonds. The van der Waals surface area contributed by atoms with E-state index in [0.29, 0.717) is 5.16 Å². The first kappa shape index (κ1) is 13.1. The van der Waals surface area contributed by atoms with Crippen LogP contribution >= 0.6 is 27.7 Å². The number of halogens is 1. The van der Waals surface area contributed by atoms with Crippen LogP contribution in [0.2, 0.25) is 0 Å². The first-order valence-electron chi connectivity index (χ1n) is 5.09. The Kier molecular flexibility index (Phi) is 4.03. The van der Waals surface area contributed by atoms with Gasteiger partial charge in [0.1, 0.15) is 6.33 Å². The predicted molar refractivity (Wildman–Crippen MR) is 72.2 cm³/mol. The van der Waals surface area contributed by atoms with Crippen molar-refractivity contribution in [2.45, 2.75) is 12.1 Å². The van der Waals surface area contributed by atoms with Crippen LogP contribution in [-0.4, -0.2) is 31.6 Å². The normalized spacial score (nSPS) is 10.6. The van der Waals surface area contributed by atoms with E-state index in [1.807, 2.05) is 25.1 Å². The number of aliphatic carboxylic acids is 1. The SMILES string of the molecule is Cc1ccc(Br)cc1-n1cnnc1SCC(=O)O. The number of aryl methyl sites for hydroxylation is 1. The van der Waals surface area contributed by atoms with Gasteiger partial charge >= 0.3 is 5.97 Å². The molecular formula is C11H10BrN3O2S. The highest BCUT2D eigenvalue weighted by molar-refractivity contribution is 9.10. The molecule has 0 aliphatic heterocycles. The zero-order valence-corrected chi connectivity index (χ0v) is 11.9. The van der Waals surface area contributed by atoms with E-state index in [4.69, 9.17) is 5.11 Å². The molecule has 2 aromatic rings. The van der Waals surface area contributed by atoms with Crippen molar-refractivity contribution in [3.63, 3.8) is 0 Å². The van der Waals surface area contributed by atoms with Gasteiger partial charge in [0.2, 0.25) is 0 Å². The molecule has 0 saturated carbocycles. The maximum atomic E-state index is 10.6. The smallest absolute Gasteiger partial charge is 0.313 e. The Morgan fingerprint density at radius 1 is 1.56 bits per heavy atom. The van der Waals surface area contributed by atoms with Crippen molar-refractivity contribution in [2.75, 3.05) is 5.75 Å². The first-order chi connectivity index (χ1) is 8.58. The second-order valence-corrected chi connectivity index (χ2v) is 5.45. The Bertz CT molecular complexity index is 585. The standard InChI is InChI=1S/C11H10BrN3O2S/c1-7-2-3-8(12)4-9(7)15-6-13-14-11(15)18-5-10(16)17/h2-4,6H,5H2,1H3,(H,16,17). The Labute approximate surface area is 116 Å². The molecule has 1 aromatic heterocycles. The number of carboxylic acids is 1. The van der Waals surface area contributed by atoms with Gasteiger partial charge < -0.3 is 5.11 Å². The van der Waals surface area contributed by atoms with Crippen molar-refractivity contribution in [1.82, 2.24) is 14.8 Å². The van der Waals surface area contributed by atoms with Gasteiger partial charge in [0.25, 0.3) is 0 Å². The molecule has 0 spiro atoms. The Hall–Kier alpha value is -1.34. The topological polar surface area (TPSA) is 68.0 Å². The fourth-order valence-electron chi connectivity index (χ4n) is 1.46. The summed E-state index contributed by atoms with van der Waals surface area (Å²) in [7, 11) is 0. The molecule has 0 unspecified atom stereocenters. The minimum absolute atomic E-state index is 0.0360. The zero-order valence-electron chi connectivity index (χ0n) is 9.50. The van der Waals surface area contributed by atoms with Gasteiger partial charge in [-0.05, 0) is 24.6 Å². The molecule has 0 aliphatic rings. The zero-order chi connectivity index (χ0) is 13.1. The molecular weight excluding hydrogens is 318 g/mol. The minimum Gasteiger partial charge on any atom is -0.481 e. The van der Waals surface area contributed by atoms with Gasteiger partial charge in [0.05, 0.1) is 11.4 Å². The number of hydrogen-bond donors (Lipinski definition) is 1. The number of carbonyl (C=O) groups is 1. The highest BCUT2D eigenvalue weighted by Crippen LogP contribution is 2.24. The number of benzene rings is 1. The van der Waals surface area contributed by atoms with Crippen LogP contribution in [-0.2, 0) is 4.79 Å². The van der Waals surface area contributed by atoms with Crippen molar-refractivity contribution in [3.8, 4) is 5.69 Å². The fraction of sp³-hybridized carbons (Fsp3) is 0.182. The summed E-state index contributed by atoms with van der Waals surface area (Å²) >= 11 is 4.56. The minimum atomic E-state index is -0.875. The number of rotatable bonds is 4. The molecule has 1 N–H and O–H groups in total. The van der Waals surface area contributed by atoms with Crippen LogP contribution in [0.15, 0.2) is 34.2 Å². The van der Waals surface area contributed by atoms with Crippen molar-refractivity contribution in [1.29, 1.82) is 0 Å². The molecule has 0 radical (unpaired) electrons. The number of nitrogens with zero attached hydrogens (tertiary/aromatic N) is 3. The molecule has 18 heavy (non-hydrogen) atoms. The third kappa shape index (κ3) is 2.91. The molecule has 7 heteroatoms. The number of aromatic nitrogens is 3. The van der Waals surface area contributed by atoms with E-state index in [2.05, 4.69) is 26.1 Å². The average molecular weight is 328 g/mol. The lowest BCUT2D eigenvalue weighted by atomic mass is 10.2. The summed E-state index contributed by atoms with van der Waals surface area (Å²) < 4.78 is 2.74. The van der Waals surface area contributed by atoms with E-state index >= 15 is 0 Å². The van der Waals surface area contributed by atoms with Gasteiger partial charge in [0, 0.05) is 4.47 Å². The summed E-state index contributed by atoms with van der Waals surface area (Å²) in [5.41, 5.74) is 2.00. The summed E-state index contributed by atoms with van der Waals surface area (Å²) in [6.45, 7) is 1.98. The average Bonchev–Trinajstić information content (AvgIpc) is 2.77. The van der Waals surface area contributed by atoms with Gasteiger partial charge in [0.15, 0.2) is 5.16 Å². The molecule has 1 heterocycles. The van der Waals surface area contributed by atoms with E-state index in [1.165, 1.54) is 0 Å². The van der Waals surface area contributed by atoms with Crippen molar-refractivity contribution in [3.05, 3.63) is 34.6 Å². The second kappa shape index (κ2) is 5.53. The quantitative estimate of drug-likeness (QED) is 0.874. The Morgan fingerprint density at radius 2 is 2.33 bits per heavy atom. The Balaban J connectivity index is 2.36. The van der Waals surface area contributed by atoms with Gasteiger partial charge in [-0.25, -0.2) is 0 Å². The summed E-state index contributed by atoms with van der Waals surface area (Å²) in [6, 6.07) is 5.88. The third-order valence-electron chi connectivity index (χ3n) is 2.27. The van der Waals surface area contributed by atoms with Crippen LogP contribution in [0, 0.1) is 6.92 Å². The molecule has 5 nitrogen and oxygen atoms in total. The third-order valence-corrected chi connectivity index (χ3v) is 3.69. The molecule has 0 bridgehead atoms. The van der Waals surface area contributed by atoms with Crippen molar-refractivity contribution in [2.24, 2.45) is 0 Å². The highest BCUT2D eigenvalue weighted by Gasteiger charge is 2.11. The van der Waals surface area contributed by atoms with E-state index in [9.17, 15) is 4.79 Å². The molecule has 0 saturated heterocycles. The number of thioether (sulfide) groups is 1. The molecule has 0 atom stereocenters. The molecule has 94 valence electrons. The van der Waals surface area contributed by atoms with Crippen LogP contribution in [0.1, 0.15) is 5.56 Å². The maximum Gasteiger partial charge on any atom is 0.313 e. The lowest BCUT2D eigenvalue weighted by Crippen LogP contribution is -2.02. The van der Waals surface area contributed by atoms with Gasteiger partial charge in [-0.15, -0.1) is 10.2 Å². The lowest BCUT2D eigenvalue weighted by Gasteiger charge is -2.09. The van der Waals surface area contributed by atoms with Crippen molar-refractivity contribution < 1.29 is 9.90 Å². The molecule has 1 aromatic carbocycles. The summed E-state index contributed by atoms with van der Waals surface area (Å²) in [4.78, 5) is 10.6. The Morgan fingerprint density at radius 3 is 3.06 bits per heavy atom.